The summed E-state index contributed by atoms with van der Waals surface area (Å²) in [5.41, 5.74) is 8.09. The molecule has 5 heteroatoms. The summed E-state index contributed by atoms with van der Waals surface area (Å²) in [5, 5.41) is 8.30. The van der Waals surface area contributed by atoms with Crippen molar-refractivity contribution < 1.29 is 0 Å². The van der Waals surface area contributed by atoms with Crippen LogP contribution >= 0.6 is 11.6 Å². The van der Waals surface area contributed by atoms with Crippen LogP contribution in [-0.4, -0.2) is 21.3 Å². The van der Waals surface area contributed by atoms with Gasteiger partial charge in [0.25, 0.3) is 0 Å². The summed E-state index contributed by atoms with van der Waals surface area (Å²) in [6.07, 6.45) is 0.685. The number of nitrogens with two attached hydrogens (primary N) is 1. The summed E-state index contributed by atoms with van der Waals surface area (Å²) in [6, 6.07) is 8.44. The second-order valence-corrected chi connectivity index (χ2v) is 6.10. The van der Waals surface area contributed by atoms with Crippen molar-refractivity contribution in [2.75, 3.05) is 6.54 Å². The monoisotopic (exact) mass is 292 g/mol. The topological polar surface area (TPSA) is 56.7 Å². The molecule has 0 spiro atoms. The lowest BCUT2D eigenvalue weighted by atomic mass is 9.87. The van der Waals surface area contributed by atoms with Gasteiger partial charge in [-0.05, 0) is 29.7 Å². The Morgan fingerprint density at radius 1 is 1.10 bits per heavy atom. The van der Waals surface area contributed by atoms with Crippen molar-refractivity contribution in [3.8, 4) is 5.69 Å². The van der Waals surface area contributed by atoms with Gasteiger partial charge in [-0.25, -0.2) is 0 Å². The molecule has 0 saturated carbocycles. The molecule has 1 heterocycles. The van der Waals surface area contributed by atoms with Crippen molar-refractivity contribution in [3.63, 3.8) is 0 Å². The van der Waals surface area contributed by atoms with E-state index < -0.39 is 0 Å². The molecule has 0 bridgehead atoms. The quantitative estimate of drug-likeness (QED) is 0.882. The number of aromatic nitrogens is 3. The standard InChI is InChI=1S/C15H21ClN4/c1-15(2,3)11-4-6-12(7-5-11)20-13(8-9-17)18-19-14(20)10-16/h4-7H,8-10,17H2,1-3H3. The highest BCUT2D eigenvalue weighted by Crippen LogP contribution is 2.24. The molecule has 0 aliphatic carbocycles. The maximum absolute atomic E-state index is 5.94. The summed E-state index contributed by atoms with van der Waals surface area (Å²) in [5.74, 6) is 1.93. The lowest BCUT2D eigenvalue weighted by molar-refractivity contribution is 0.590. The van der Waals surface area contributed by atoms with E-state index in [-0.39, 0.29) is 5.41 Å². The van der Waals surface area contributed by atoms with E-state index in [0.29, 0.717) is 18.8 Å². The summed E-state index contributed by atoms with van der Waals surface area (Å²) in [7, 11) is 0. The molecule has 2 N–H and O–H groups in total. The molecule has 0 aliphatic rings. The minimum atomic E-state index is 0.140. The molecule has 20 heavy (non-hydrogen) atoms. The van der Waals surface area contributed by atoms with Crippen LogP contribution in [0.25, 0.3) is 5.69 Å². The molecule has 2 rings (SSSR count). The van der Waals surface area contributed by atoms with E-state index in [1.807, 2.05) is 4.57 Å². The molecule has 0 saturated heterocycles. The van der Waals surface area contributed by atoms with Crippen molar-refractivity contribution in [1.82, 2.24) is 14.8 Å². The Labute approximate surface area is 125 Å². The van der Waals surface area contributed by atoms with E-state index in [1.165, 1.54) is 5.56 Å². The second kappa shape index (κ2) is 5.94. The van der Waals surface area contributed by atoms with Crippen molar-refractivity contribution in [1.29, 1.82) is 0 Å². The smallest absolute Gasteiger partial charge is 0.152 e. The highest BCUT2D eigenvalue weighted by Gasteiger charge is 2.15. The molecule has 0 aliphatic heterocycles. The number of halogens is 1. The van der Waals surface area contributed by atoms with Gasteiger partial charge in [-0.15, -0.1) is 21.8 Å². The molecule has 0 unspecified atom stereocenters. The number of nitrogens with zero attached hydrogens (tertiary/aromatic N) is 3. The fraction of sp³-hybridized carbons (Fsp3) is 0.467. The summed E-state index contributed by atoms with van der Waals surface area (Å²) in [4.78, 5) is 0. The van der Waals surface area contributed by atoms with Crippen molar-refractivity contribution >= 4 is 11.6 Å². The summed E-state index contributed by atoms with van der Waals surface area (Å²) >= 11 is 5.94. The first-order chi connectivity index (χ1) is 9.47. The zero-order chi connectivity index (χ0) is 14.8. The third-order valence-electron chi connectivity index (χ3n) is 3.28. The zero-order valence-corrected chi connectivity index (χ0v) is 13.0. The van der Waals surface area contributed by atoms with Crippen LogP contribution < -0.4 is 5.73 Å². The minimum absolute atomic E-state index is 0.140. The molecule has 0 radical (unpaired) electrons. The normalized spacial score (nSPS) is 11.8. The molecule has 0 amide bonds. The van der Waals surface area contributed by atoms with Crippen LogP contribution in [0.1, 0.15) is 38.0 Å². The predicted octanol–water partition coefficient (Wildman–Crippen LogP) is 2.80. The van der Waals surface area contributed by atoms with Crippen LogP contribution in [0, 0.1) is 0 Å². The Kier molecular flexibility index (Phi) is 4.45. The number of alkyl halides is 1. The SMILES string of the molecule is CC(C)(C)c1ccc(-n2c(CCl)nnc2CCN)cc1. The van der Waals surface area contributed by atoms with Gasteiger partial charge < -0.3 is 5.73 Å². The Morgan fingerprint density at radius 3 is 2.20 bits per heavy atom. The van der Waals surface area contributed by atoms with Crippen LogP contribution in [0.15, 0.2) is 24.3 Å². The Bertz CT molecular complexity index is 567. The minimum Gasteiger partial charge on any atom is -0.330 e. The average molecular weight is 293 g/mol. The average Bonchev–Trinajstić information content (AvgIpc) is 2.81. The van der Waals surface area contributed by atoms with Crippen molar-refractivity contribution in [3.05, 3.63) is 41.5 Å². The van der Waals surface area contributed by atoms with E-state index in [1.54, 1.807) is 0 Å². The Hall–Kier alpha value is -1.39. The summed E-state index contributed by atoms with van der Waals surface area (Å²) < 4.78 is 1.99. The fourth-order valence-electron chi connectivity index (χ4n) is 2.14. The first-order valence-corrected chi connectivity index (χ1v) is 7.31. The third kappa shape index (κ3) is 3.02. The van der Waals surface area contributed by atoms with Gasteiger partial charge in [-0.1, -0.05) is 32.9 Å². The van der Waals surface area contributed by atoms with Crippen molar-refractivity contribution in [2.24, 2.45) is 5.73 Å². The third-order valence-corrected chi connectivity index (χ3v) is 3.52. The lowest BCUT2D eigenvalue weighted by Gasteiger charge is -2.19. The Morgan fingerprint density at radius 2 is 1.70 bits per heavy atom. The van der Waals surface area contributed by atoms with Gasteiger partial charge in [-0.3, -0.25) is 4.57 Å². The maximum Gasteiger partial charge on any atom is 0.152 e. The van der Waals surface area contributed by atoms with E-state index in [9.17, 15) is 0 Å². The molecular weight excluding hydrogens is 272 g/mol. The van der Waals surface area contributed by atoms with E-state index >= 15 is 0 Å². The summed E-state index contributed by atoms with van der Waals surface area (Å²) in [6.45, 7) is 7.14. The van der Waals surface area contributed by atoms with Gasteiger partial charge >= 0.3 is 0 Å². The fourth-order valence-corrected chi connectivity index (χ4v) is 2.31. The van der Waals surface area contributed by atoms with Crippen molar-refractivity contribution in [2.45, 2.75) is 38.5 Å². The van der Waals surface area contributed by atoms with Gasteiger partial charge in [0.15, 0.2) is 5.82 Å². The molecule has 1 aromatic carbocycles. The predicted molar refractivity (Wildman–Crippen MR) is 82.4 cm³/mol. The second-order valence-electron chi connectivity index (χ2n) is 5.84. The van der Waals surface area contributed by atoms with Gasteiger partial charge in [0.05, 0.1) is 5.88 Å². The molecule has 0 atom stereocenters. The molecule has 2 aromatic rings. The number of hydrogen-bond acceptors (Lipinski definition) is 3. The molecule has 0 fully saturated rings. The number of hydrogen-bond donors (Lipinski definition) is 1. The van der Waals surface area contributed by atoms with E-state index in [0.717, 1.165) is 17.3 Å². The number of benzene rings is 1. The van der Waals surface area contributed by atoms with Crippen LogP contribution in [0.2, 0.25) is 0 Å². The largest absolute Gasteiger partial charge is 0.330 e. The van der Waals surface area contributed by atoms with Gasteiger partial charge in [0, 0.05) is 12.1 Å². The van der Waals surface area contributed by atoms with Gasteiger partial charge in [-0.2, -0.15) is 0 Å². The highest BCUT2D eigenvalue weighted by atomic mass is 35.5. The van der Waals surface area contributed by atoms with Crippen LogP contribution in [0.4, 0.5) is 0 Å². The molecular formula is C15H21ClN4. The number of rotatable bonds is 4. The molecule has 1 aromatic heterocycles. The van der Waals surface area contributed by atoms with E-state index in [4.69, 9.17) is 17.3 Å². The first-order valence-electron chi connectivity index (χ1n) is 6.77. The van der Waals surface area contributed by atoms with Crippen LogP contribution in [0.5, 0.6) is 0 Å². The maximum atomic E-state index is 5.94. The molecule has 4 nitrogen and oxygen atoms in total. The van der Waals surface area contributed by atoms with Crippen LogP contribution in [0.3, 0.4) is 0 Å². The van der Waals surface area contributed by atoms with E-state index in [2.05, 4.69) is 55.2 Å². The highest BCUT2D eigenvalue weighted by molar-refractivity contribution is 6.16. The first kappa shape index (κ1) is 15.0. The van der Waals surface area contributed by atoms with Gasteiger partial charge in [0.2, 0.25) is 0 Å². The zero-order valence-electron chi connectivity index (χ0n) is 12.2. The molecule has 108 valence electrons. The lowest BCUT2D eigenvalue weighted by Crippen LogP contribution is -2.12. The van der Waals surface area contributed by atoms with Gasteiger partial charge in [0.1, 0.15) is 5.82 Å². The Balaban J connectivity index is 2.43. The van der Waals surface area contributed by atoms with Crippen LogP contribution in [-0.2, 0) is 17.7 Å².